The van der Waals surface area contributed by atoms with Gasteiger partial charge >= 0.3 is 53.6 Å². The van der Waals surface area contributed by atoms with E-state index in [2.05, 4.69) is 11.7 Å². The summed E-state index contributed by atoms with van der Waals surface area (Å²) in [6.07, 6.45) is -3.88. The lowest BCUT2D eigenvalue weighted by Crippen LogP contribution is -2.74. The monoisotopic (exact) mass is 738 g/mol. The third-order valence-electron chi connectivity index (χ3n) is 6.68. The van der Waals surface area contributed by atoms with Crippen molar-refractivity contribution in [2.45, 2.75) is 112 Å². The van der Waals surface area contributed by atoms with Crippen molar-refractivity contribution >= 4 is 5.97 Å². The summed E-state index contributed by atoms with van der Waals surface area (Å²) in [5, 5.41) is 0. The third-order valence-corrected chi connectivity index (χ3v) is 6.68. The molecule has 0 aliphatic carbocycles. The predicted molar refractivity (Wildman–Crippen MR) is 132 cm³/mol. The van der Waals surface area contributed by atoms with Crippen molar-refractivity contribution in [1.29, 1.82) is 0 Å². The third kappa shape index (κ3) is 8.57. The van der Waals surface area contributed by atoms with Crippen LogP contribution in [0.15, 0.2) is 29.1 Å². The van der Waals surface area contributed by atoms with Crippen LogP contribution in [0.2, 0.25) is 0 Å². The maximum absolute atomic E-state index is 14.1. The van der Waals surface area contributed by atoms with Crippen LogP contribution in [-0.4, -0.2) is 60.2 Å². The Morgan fingerprint density at radius 2 is 0.979 bits per heavy atom. The minimum absolute atomic E-state index is 0.0927. The Kier molecular flexibility index (Phi) is 13.7. The zero-order valence-electron chi connectivity index (χ0n) is 24.4. The number of carbonyl (C=O) groups excluding carboxylic acids is 1. The van der Waals surface area contributed by atoms with Gasteiger partial charge in [-0.15, -0.1) is 0 Å². The van der Waals surface area contributed by atoms with Gasteiger partial charge in [-0.1, -0.05) is 51.9 Å². The zero-order valence-corrected chi connectivity index (χ0v) is 24.4. The van der Waals surface area contributed by atoms with Crippen LogP contribution in [0, 0.1) is 0 Å². The molecule has 21 heteroatoms. The average Bonchev–Trinajstić information content (AvgIpc) is 3.11. The second-order valence-corrected chi connectivity index (χ2v) is 10.4. The van der Waals surface area contributed by atoms with E-state index in [0.717, 1.165) is 57.1 Å². The van der Waals surface area contributed by atoms with Gasteiger partial charge in [-0.05, 0) is 30.7 Å². The molecule has 278 valence electrons. The van der Waals surface area contributed by atoms with Gasteiger partial charge < -0.3 is 9.47 Å². The molecule has 0 radical (unpaired) electrons. The van der Waals surface area contributed by atoms with Crippen molar-refractivity contribution in [3.8, 4) is 11.5 Å². The van der Waals surface area contributed by atoms with E-state index < -0.39 is 71.2 Å². The lowest BCUT2D eigenvalue weighted by molar-refractivity contribution is -0.461. The standard InChI is InChI=1S/C27H27F17O4/c1-2-3-4-5-6-7-8-9-14-47-16-10-12-17(45)18(13-11-16)48-19(46)15-20(28,29)21(30,31)22(32,33)23(34,35)24(36,37)25(38,39)26(40,41)27(42,43)44/h10-13H,2-9,14-15H2,1H3. The SMILES string of the molecule is CCCCCCCCCCOc1ccc(OC(=O)CC(F)(F)C(F)(F)C(F)(F)C(F)(F)C(F)(F)C(F)(F)C(F)(F)C(F)(F)F)c(=O)cc1. The first-order valence-corrected chi connectivity index (χ1v) is 13.8. The Morgan fingerprint density at radius 1 is 0.562 bits per heavy atom. The van der Waals surface area contributed by atoms with E-state index in [1.807, 2.05) is 0 Å². The fourth-order valence-corrected chi connectivity index (χ4v) is 3.79. The van der Waals surface area contributed by atoms with Crippen molar-refractivity contribution in [2.24, 2.45) is 0 Å². The van der Waals surface area contributed by atoms with Gasteiger partial charge in [0.2, 0.25) is 5.43 Å². The van der Waals surface area contributed by atoms with Crippen molar-refractivity contribution in [2.75, 3.05) is 6.61 Å². The molecule has 0 aliphatic rings. The number of halogens is 17. The minimum Gasteiger partial charge on any atom is -0.494 e. The zero-order chi connectivity index (χ0) is 37.6. The fraction of sp³-hybridized carbons (Fsp3) is 0.704. The molecule has 0 bridgehead atoms. The van der Waals surface area contributed by atoms with Crippen molar-refractivity contribution in [3.05, 3.63) is 34.5 Å². The van der Waals surface area contributed by atoms with Gasteiger partial charge in [-0.2, -0.15) is 74.6 Å². The molecule has 0 saturated heterocycles. The summed E-state index contributed by atoms with van der Waals surface area (Å²) < 4.78 is 237. The molecule has 1 aromatic rings. The van der Waals surface area contributed by atoms with Crippen LogP contribution < -0.4 is 14.9 Å². The van der Waals surface area contributed by atoms with Gasteiger partial charge in [0.1, 0.15) is 12.2 Å². The summed E-state index contributed by atoms with van der Waals surface area (Å²) in [5.41, 5.74) is -1.37. The number of ether oxygens (including phenoxy) is 2. The van der Waals surface area contributed by atoms with Crippen molar-refractivity contribution in [3.63, 3.8) is 0 Å². The lowest BCUT2D eigenvalue weighted by atomic mass is 9.88. The van der Waals surface area contributed by atoms with Gasteiger partial charge in [-0.25, -0.2) is 0 Å². The van der Waals surface area contributed by atoms with E-state index in [0.29, 0.717) is 18.6 Å². The first kappa shape index (κ1) is 43.0. The van der Waals surface area contributed by atoms with E-state index in [1.54, 1.807) is 0 Å². The highest BCUT2D eigenvalue weighted by molar-refractivity contribution is 5.73. The van der Waals surface area contributed by atoms with E-state index in [9.17, 15) is 84.2 Å². The molecule has 1 rings (SSSR count). The van der Waals surface area contributed by atoms with Crippen LogP contribution in [0.5, 0.6) is 11.5 Å². The summed E-state index contributed by atoms with van der Waals surface area (Å²) in [5.74, 6) is -62.2. The molecule has 0 aliphatic heterocycles. The predicted octanol–water partition coefficient (Wildman–Crippen LogP) is 9.87. The molecule has 0 atom stereocenters. The van der Waals surface area contributed by atoms with Crippen molar-refractivity contribution < 1.29 is 88.9 Å². The number of esters is 1. The minimum atomic E-state index is -8.78. The quantitative estimate of drug-likeness (QED) is 0.0806. The Bertz CT molecular complexity index is 1280. The fourth-order valence-electron chi connectivity index (χ4n) is 3.79. The van der Waals surface area contributed by atoms with E-state index >= 15 is 0 Å². The average molecular weight is 738 g/mol. The topological polar surface area (TPSA) is 52.6 Å². The molecule has 48 heavy (non-hydrogen) atoms. The molecule has 0 saturated carbocycles. The number of rotatable bonds is 19. The smallest absolute Gasteiger partial charge is 0.460 e. The second kappa shape index (κ2) is 15.2. The molecule has 0 fully saturated rings. The van der Waals surface area contributed by atoms with E-state index in [4.69, 9.17) is 4.74 Å². The van der Waals surface area contributed by atoms with E-state index in [1.165, 1.54) is 0 Å². The number of carbonyl (C=O) groups is 1. The Balaban J connectivity index is 3.11. The van der Waals surface area contributed by atoms with Crippen LogP contribution in [0.25, 0.3) is 0 Å². The highest BCUT2D eigenvalue weighted by Gasteiger charge is 2.95. The van der Waals surface area contributed by atoms with Crippen LogP contribution in [-0.2, 0) is 4.79 Å². The van der Waals surface area contributed by atoms with Crippen LogP contribution in [0.3, 0.4) is 0 Å². The molecule has 0 aromatic heterocycles. The van der Waals surface area contributed by atoms with Gasteiger partial charge in [-0.3, -0.25) is 9.59 Å². The largest absolute Gasteiger partial charge is 0.494 e. The van der Waals surface area contributed by atoms with E-state index in [-0.39, 0.29) is 12.4 Å². The molecule has 1 aromatic carbocycles. The van der Waals surface area contributed by atoms with Crippen LogP contribution >= 0.6 is 0 Å². The summed E-state index contributed by atoms with van der Waals surface area (Å²) in [7, 11) is 0. The molecule has 0 N–H and O–H groups in total. The Morgan fingerprint density at radius 3 is 1.46 bits per heavy atom. The Hall–Kier alpha value is -3.03. The lowest BCUT2D eigenvalue weighted by Gasteiger charge is -2.42. The highest BCUT2D eigenvalue weighted by Crippen LogP contribution is 2.64. The Labute approximate surface area is 260 Å². The summed E-state index contributed by atoms with van der Waals surface area (Å²) in [4.78, 5) is 23.9. The molecular formula is C27H27F17O4. The highest BCUT2D eigenvalue weighted by atomic mass is 19.4. The molecule has 0 unspecified atom stereocenters. The second-order valence-electron chi connectivity index (χ2n) is 10.4. The molecule has 4 nitrogen and oxygen atoms in total. The molecule has 0 heterocycles. The number of hydrogen-bond donors (Lipinski definition) is 0. The first-order valence-electron chi connectivity index (χ1n) is 13.8. The van der Waals surface area contributed by atoms with Gasteiger partial charge in [0.05, 0.1) is 6.61 Å². The first-order chi connectivity index (χ1) is 21.6. The van der Waals surface area contributed by atoms with Crippen molar-refractivity contribution in [1.82, 2.24) is 0 Å². The number of hydrogen-bond acceptors (Lipinski definition) is 4. The number of unbranched alkanes of at least 4 members (excludes halogenated alkanes) is 7. The van der Waals surface area contributed by atoms with Gasteiger partial charge in [0, 0.05) is 0 Å². The maximum atomic E-state index is 14.1. The van der Waals surface area contributed by atoms with Crippen LogP contribution in [0.4, 0.5) is 74.6 Å². The molecule has 0 amide bonds. The van der Waals surface area contributed by atoms with Crippen LogP contribution in [0.1, 0.15) is 64.7 Å². The molecular weight excluding hydrogens is 711 g/mol. The summed E-state index contributed by atoms with van der Waals surface area (Å²) in [6, 6.07) is 2.97. The summed E-state index contributed by atoms with van der Waals surface area (Å²) >= 11 is 0. The number of alkyl halides is 17. The normalized spacial score (nSPS) is 14.2. The van der Waals surface area contributed by atoms with Gasteiger partial charge in [0.15, 0.2) is 5.75 Å². The summed E-state index contributed by atoms with van der Waals surface area (Å²) in [6.45, 7) is 2.15. The molecule has 0 spiro atoms. The van der Waals surface area contributed by atoms with Gasteiger partial charge in [0.25, 0.3) is 0 Å². The maximum Gasteiger partial charge on any atom is 0.460 e.